The van der Waals surface area contributed by atoms with Crippen LogP contribution in [0.4, 0.5) is 0 Å². The van der Waals surface area contributed by atoms with Crippen LogP contribution in [0.5, 0.6) is 0 Å². The van der Waals surface area contributed by atoms with Crippen LogP contribution in [0.25, 0.3) is 0 Å². The minimum Gasteiger partial charge on any atom is -0.383 e. The Bertz CT molecular complexity index is 396. The zero-order chi connectivity index (χ0) is 12.8. The molecule has 0 heterocycles. The first-order valence-electron chi connectivity index (χ1n) is 5.28. The molecule has 0 saturated carbocycles. The number of carbonyl (C=O) groups is 1. The molecule has 0 spiro atoms. The Morgan fingerprint density at radius 1 is 1.47 bits per heavy atom. The third kappa shape index (κ3) is 4.28. The number of ketones is 1. The number of ether oxygens (including phenoxy) is 1. The normalized spacial score (nSPS) is 12.5. The summed E-state index contributed by atoms with van der Waals surface area (Å²) >= 11 is 11.7. The van der Waals surface area contributed by atoms with Gasteiger partial charge in [-0.2, -0.15) is 0 Å². The molecule has 0 aliphatic carbocycles. The predicted octanol–water partition coefficient (Wildman–Crippen LogP) is 2.80. The van der Waals surface area contributed by atoms with E-state index in [-0.39, 0.29) is 11.8 Å². The summed E-state index contributed by atoms with van der Waals surface area (Å²) in [4.78, 5) is 12.0. The Kier molecular flexibility index (Phi) is 5.92. The third-order valence-corrected chi connectivity index (χ3v) is 2.89. The lowest BCUT2D eigenvalue weighted by Gasteiger charge is -2.13. The number of methoxy groups -OCH3 is 1. The van der Waals surface area contributed by atoms with Gasteiger partial charge in [-0.15, -0.1) is 0 Å². The van der Waals surface area contributed by atoms with Gasteiger partial charge >= 0.3 is 0 Å². The van der Waals surface area contributed by atoms with Crippen LogP contribution < -0.4 is 5.32 Å². The second kappa shape index (κ2) is 6.97. The van der Waals surface area contributed by atoms with Crippen molar-refractivity contribution in [1.82, 2.24) is 5.32 Å². The van der Waals surface area contributed by atoms with E-state index in [0.29, 0.717) is 28.8 Å². The Hall–Kier alpha value is -0.610. The molecule has 17 heavy (non-hydrogen) atoms. The number of halogens is 2. The minimum absolute atomic E-state index is 0.0530. The summed E-state index contributed by atoms with van der Waals surface area (Å²) in [6.45, 7) is 2.98. The molecule has 5 heteroatoms. The van der Waals surface area contributed by atoms with Gasteiger partial charge in [0.2, 0.25) is 0 Å². The molecule has 0 amide bonds. The number of Topliss-reactive ketones (excluding diaryl/α,β-unsaturated/α-hetero) is 1. The summed E-state index contributed by atoms with van der Waals surface area (Å²) in [5.41, 5.74) is 0.480. The lowest BCUT2D eigenvalue weighted by molar-refractivity contribution is 0.0945. The molecule has 1 unspecified atom stereocenters. The van der Waals surface area contributed by atoms with Crippen LogP contribution >= 0.6 is 23.2 Å². The molecule has 1 atom stereocenters. The van der Waals surface area contributed by atoms with Gasteiger partial charge in [0.1, 0.15) is 0 Å². The van der Waals surface area contributed by atoms with Gasteiger partial charge in [-0.3, -0.25) is 4.79 Å². The number of hydrogen-bond donors (Lipinski definition) is 1. The molecule has 0 bridgehead atoms. The number of nitrogens with one attached hydrogen (secondary N) is 1. The van der Waals surface area contributed by atoms with Crippen molar-refractivity contribution in [3.05, 3.63) is 33.8 Å². The smallest absolute Gasteiger partial charge is 0.180 e. The molecule has 1 N–H and O–H groups in total. The van der Waals surface area contributed by atoms with Gasteiger partial charge < -0.3 is 10.1 Å². The zero-order valence-electron chi connectivity index (χ0n) is 9.80. The van der Waals surface area contributed by atoms with Gasteiger partial charge in [-0.25, -0.2) is 0 Å². The first kappa shape index (κ1) is 14.5. The maximum absolute atomic E-state index is 12.0. The number of hydrogen-bond acceptors (Lipinski definition) is 3. The summed E-state index contributed by atoms with van der Waals surface area (Å²) in [6.07, 6.45) is 0. The second-order valence-electron chi connectivity index (χ2n) is 3.66. The van der Waals surface area contributed by atoms with Crippen molar-refractivity contribution in [2.24, 2.45) is 0 Å². The fourth-order valence-electron chi connectivity index (χ4n) is 1.39. The number of rotatable bonds is 6. The summed E-state index contributed by atoms with van der Waals surface area (Å²) in [6, 6.07) is 4.56. The van der Waals surface area contributed by atoms with Gasteiger partial charge in [0.05, 0.1) is 17.7 Å². The summed E-state index contributed by atoms with van der Waals surface area (Å²) < 4.78 is 4.90. The van der Waals surface area contributed by atoms with Gasteiger partial charge in [-0.1, -0.05) is 23.2 Å². The van der Waals surface area contributed by atoms with Crippen molar-refractivity contribution in [2.45, 2.75) is 13.0 Å². The summed E-state index contributed by atoms with van der Waals surface area (Å²) in [5.74, 6) is -0.0530. The predicted molar refractivity (Wildman–Crippen MR) is 70.1 cm³/mol. The average Bonchev–Trinajstić information content (AvgIpc) is 2.28. The maximum Gasteiger partial charge on any atom is 0.180 e. The van der Waals surface area contributed by atoms with Crippen LogP contribution in [0, 0.1) is 0 Å². The number of carbonyl (C=O) groups excluding carboxylic acids is 1. The molecule has 0 radical (unpaired) electrons. The van der Waals surface area contributed by atoms with Gasteiger partial charge in [0, 0.05) is 24.2 Å². The Balaban J connectivity index is 2.68. The van der Waals surface area contributed by atoms with E-state index in [1.165, 1.54) is 0 Å². The molecule has 0 aliphatic rings. The molecule has 0 saturated heterocycles. The first-order chi connectivity index (χ1) is 8.06. The van der Waals surface area contributed by atoms with E-state index in [1.54, 1.807) is 32.2 Å². The lowest BCUT2D eigenvalue weighted by Crippen LogP contribution is -2.36. The van der Waals surface area contributed by atoms with Crippen molar-refractivity contribution < 1.29 is 9.53 Å². The lowest BCUT2D eigenvalue weighted by atomic mass is 10.1. The van der Waals surface area contributed by atoms with Crippen molar-refractivity contribution in [3.8, 4) is 0 Å². The fourth-order valence-corrected chi connectivity index (χ4v) is 1.89. The highest BCUT2D eigenvalue weighted by molar-refractivity contribution is 6.37. The topological polar surface area (TPSA) is 38.3 Å². The molecule has 3 nitrogen and oxygen atoms in total. The van der Waals surface area contributed by atoms with Crippen molar-refractivity contribution >= 4 is 29.0 Å². The third-order valence-electron chi connectivity index (χ3n) is 2.35. The molecule has 0 aliphatic heterocycles. The molecule has 94 valence electrons. The van der Waals surface area contributed by atoms with Crippen molar-refractivity contribution in [2.75, 3.05) is 20.3 Å². The molecule has 0 aromatic heterocycles. The van der Waals surface area contributed by atoms with Gasteiger partial charge in [0.25, 0.3) is 0 Å². The van der Waals surface area contributed by atoms with Crippen LogP contribution in [-0.4, -0.2) is 32.1 Å². The van der Waals surface area contributed by atoms with Gasteiger partial charge in [0.15, 0.2) is 5.78 Å². The quantitative estimate of drug-likeness (QED) is 0.641. The minimum atomic E-state index is -0.302. The largest absolute Gasteiger partial charge is 0.383 e. The Labute approximate surface area is 111 Å². The van der Waals surface area contributed by atoms with E-state index in [0.717, 1.165) is 0 Å². The molecule has 0 fully saturated rings. The van der Waals surface area contributed by atoms with E-state index in [4.69, 9.17) is 27.9 Å². The first-order valence-corrected chi connectivity index (χ1v) is 6.03. The standard InChI is InChI=1S/C12H15Cl2NO2/c1-8(15-5-6-17-2)12(16)10-4-3-9(13)7-11(10)14/h3-4,7-8,15H,5-6H2,1-2H3. The highest BCUT2D eigenvalue weighted by atomic mass is 35.5. The van der Waals surface area contributed by atoms with Crippen LogP contribution in [0.15, 0.2) is 18.2 Å². The van der Waals surface area contributed by atoms with Crippen LogP contribution in [0.2, 0.25) is 10.0 Å². The van der Waals surface area contributed by atoms with Crippen LogP contribution in [-0.2, 0) is 4.74 Å². The zero-order valence-corrected chi connectivity index (χ0v) is 11.3. The van der Waals surface area contributed by atoms with E-state index < -0.39 is 0 Å². The maximum atomic E-state index is 12.0. The summed E-state index contributed by atoms with van der Waals surface area (Å²) in [7, 11) is 1.62. The SMILES string of the molecule is COCCNC(C)C(=O)c1ccc(Cl)cc1Cl. The fraction of sp³-hybridized carbons (Fsp3) is 0.417. The average molecular weight is 276 g/mol. The van der Waals surface area contributed by atoms with Crippen LogP contribution in [0.3, 0.4) is 0 Å². The molecule has 1 aromatic carbocycles. The highest BCUT2D eigenvalue weighted by Gasteiger charge is 2.17. The monoisotopic (exact) mass is 275 g/mol. The highest BCUT2D eigenvalue weighted by Crippen LogP contribution is 2.22. The molecule has 1 rings (SSSR count). The molecular weight excluding hydrogens is 261 g/mol. The second-order valence-corrected chi connectivity index (χ2v) is 4.50. The van der Waals surface area contributed by atoms with E-state index >= 15 is 0 Å². The molecule has 1 aromatic rings. The van der Waals surface area contributed by atoms with E-state index in [2.05, 4.69) is 5.32 Å². The summed E-state index contributed by atoms with van der Waals surface area (Å²) in [5, 5.41) is 3.96. The van der Waals surface area contributed by atoms with Crippen molar-refractivity contribution in [3.63, 3.8) is 0 Å². The van der Waals surface area contributed by atoms with E-state index in [1.807, 2.05) is 0 Å². The number of benzene rings is 1. The van der Waals surface area contributed by atoms with Crippen molar-refractivity contribution in [1.29, 1.82) is 0 Å². The van der Waals surface area contributed by atoms with E-state index in [9.17, 15) is 4.79 Å². The Morgan fingerprint density at radius 2 is 2.18 bits per heavy atom. The Morgan fingerprint density at radius 3 is 2.76 bits per heavy atom. The van der Waals surface area contributed by atoms with Gasteiger partial charge in [-0.05, 0) is 25.1 Å². The molecular formula is C12H15Cl2NO2. The van der Waals surface area contributed by atoms with Crippen LogP contribution in [0.1, 0.15) is 17.3 Å².